The third-order valence-corrected chi connectivity index (χ3v) is 1.40. The number of aromatic nitrogens is 3. The first-order valence-electron chi connectivity index (χ1n) is 2.91. The zero-order chi connectivity index (χ0) is 6.97. The van der Waals surface area contributed by atoms with Crippen LogP contribution in [0.25, 0.3) is 11.4 Å². The number of hydrogen-bond donors (Lipinski definition) is 0. The van der Waals surface area contributed by atoms with Gasteiger partial charge in [0.15, 0.2) is 0 Å². The molecular weight excluding hydrogens is 130 g/mol. The van der Waals surface area contributed by atoms with Crippen molar-refractivity contribution in [2.45, 2.75) is 6.92 Å². The van der Waals surface area contributed by atoms with Crippen molar-refractivity contribution in [3.05, 3.63) is 18.0 Å². The third-order valence-electron chi connectivity index (χ3n) is 1.40. The molecule has 0 aliphatic carbocycles. The van der Waals surface area contributed by atoms with E-state index in [1.807, 2.05) is 6.92 Å². The monoisotopic (exact) mass is 135 g/mol. The minimum atomic E-state index is 0.618. The SMILES string of the molecule is Cc1cnc2noncc1-2. The summed E-state index contributed by atoms with van der Waals surface area (Å²) in [6, 6.07) is 0. The summed E-state index contributed by atoms with van der Waals surface area (Å²) >= 11 is 0. The second kappa shape index (κ2) is 1.76. The average Bonchev–Trinajstić information content (AvgIpc) is 2.34. The number of rotatable bonds is 0. The molecule has 0 aromatic heterocycles. The molecule has 0 spiro atoms. The molecule has 0 atom stereocenters. The number of fused-ring (bicyclic) bond motifs is 1. The lowest BCUT2D eigenvalue weighted by atomic mass is 10.2. The number of aryl methyl sites for hydroxylation is 1. The summed E-state index contributed by atoms with van der Waals surface area (Å²) in [6.07, 6.45) is 3.36. The van der Waals surface area contributed by atoms with Gasteiger partial charge in [-0.05, 0) is 17.6 Å². The van der Waals surface area contributed by atoms with E-state index in [2.05, 4.69) is 19.9 Å². The summed E-state index contributed by atoms with van der Waals surface area (Å²) in [5, 5.41) is 7.12. The van der Waals surface area contributed by atoms with Crippen molar-refractivity contribution in [2.24, 2.45) is 0 Å². The zero-order valence-electron chi connectivity index (χ0n) is 5.40. The molecule has 10 heavy (non-hydrogen) atoms. The van der Waals surface area contributed by atoms with Gasteiger partial charge >= 0.3 is 0 Å². The van der Waals surface area contributed by atoms with Crippen molar-refractivity contribution in [2.75, 3.05) is 0 Å². The Morgan fingerprint density at radius 3 is 3.10 bits per heavy atom. The molecule has 0 aromatic rings. The predicted molar refractivity (Wildman–Crippen MR) is 33.5 cm³/mol. The normalized spacial score (nSPS) is 10.5. The van der Waals surface area contributed by atoms with Crippen molar-refractivity contribution < 1.29 is 4.63 Å². The Labute approximate surface area is 57.2 Å². The molecule has 0 bridgehead atoms. The van der Waals surface area contributed by atoms with Gasteiger partial charge in [0.1, 0.15) is 0 Å². The summed E-state index contributed by atoms with van der Waals surface area (Å²) in [7, 11) is 0. The van der Waals surface area contributed by atoms with Crippen LogP contribution in [0.15, 0.2) is 17.0 Å². The third kappa shape index (κ3) is 0.586. The minimum absolute atomic E-state index is 0.618. The smallest absolute Gasteiger partial charge is 0.203 e. The molecule has 2 heterocycles. The lowest BCUT2D eigenvalue weighted by molar-refractivity contribution is 0.282. The maximum atomic E-state index is 4.44. The number of hydrogen-bond acceptors (Lipinski definition) is 4. The highest BCUT2D eigenvalue weighted by Gasteiger charge is 2.08. The van der Waals surface area contributed by atoms with E-state index in [1.165, 1.54) is 0 Å². The van der Waals surface area contributed by atoms with E-state index in [1.54, 1.807) is 12.4 Å². The molecule has 0 N–H and O–H groups in total. The van der Waals surface area contributed by atoms with Gasteiger partial charge < -0.3 is 0 Å². The highest BCUT2D eigenvalue weighted by atomic mass is 16.6. The van der Waals surface area contributed by atoms with Crippen molar-refractivity contribution in [3.63, 3.8) is 0 Å². The Hall–Kier alpha value is -1.45. The van der Waals surface area contributed by atoms with Gasteiger partial charge in [0.25, 0.3) is 0 Å². The molecule has 2 aliphatic rings. The zero-order valence-corrected chi connectivity index (χ0v) is 5.40. The van der Waals surface area contributed by atoms with Crippen LogP contribution >= 0.6 is 0 Å². The Kier molecular flexibility index (Phi) is 0.943. The fraction of sp³-hybridized carbons (Fsp3) is 0.167. The highest BCUT2D eigenvalue weighted by molar-refractivity contribution is 5.59. The quantitative estimate of drug-likeness (QED) is 0.538. The molecule has 4 heteroatoms. The average molecular weight is 135 g/mol. The molecular formula is C6H5N3O. The van der Waals surface area contributed by atoms with Gasteiger partial charge in [0.05, 0.1) is 6.20 Å². The first-order valence-corrected chi connectivity index (χ1v) is 2.91. The molecule has 0 aromatic carbocycles. The molecule has 2 aliphatic heterocycles. The Balaban J connectivity index is 2.78. The van der Waals surface area contributed by atoms with Crippen LogP contribution in [0, 0.1) is 6.92 Å². The van der Waals surface area contributed by atoms with Gasteiger partial charge in [-0.15, -0.1) is 0 Å². The number of nitrogens with zero attached hydrogens (tertiary/aromatic N) is 3. The Morgan fingerprint density at radius 1 is 1.40 bits per heavy atom. The fourth-order valence-corrected chi connectivity index (χ4v) is 0.844. The summed E-state index contributed by atoms with van der Waals surface area (Å²) in [5.41, 5.74) is 2.03. The van der Waals surface area contributed by atoms with E-state index in [0.29, 0.717) is 5.82 Å². The molecule has 0 fully saturated rings. The molecule has 50 valence electrons. The maximum Gasteiger partial charge on any atom is 0.203 e. The largest absolute Gasteiger partial charge is 0.242 e. The van der Waals surface area contributed by atoms with Gasteiger partial charge in [-0.2, -0.15) is 0 Å². The highest BCUT2D eigenvalue weighted by Crippen LogP contribution is 2.19. The van der Waals surface area contributed by atoms with Gasteiger partial charge in [0, 0.05) is 11.8 Å². The second-order valence-electron chi connectivity index (χ2n) is 2.09. The van der Waals surface area contributed by atoms with Crippen LogP contribution in [-0.2, 0) is 0 Å². The Morgan fingerprint density at radius 2 is 2.30 bits per heavy atom. The van der Waals surface area contributed by atoms with Crippen LogP contribution in [-0.4, -0.2) is 15.3 Å². The standard InChI is InChI=1S/C6H5N3O/c1-4-2-7-6-5(4)3-8-10-9-6/h2-3H,1H3. The van der Waals surface area contributed by atoms with Crippen LogP contribution < -0.4 is 0 Å². The first kappa shape index (κ1) is 5.34. The predicted octanol–water partition coefficient (Wildman–Crippen LogP) is 0.878. The lowest BCUT2D eigenvalue weighted by Crippen LogP contribution is -1.84. The Bertz CT molecular complexity index is 317. The van der Waals surface area contributed by atoms with E-state index >= 15 is 0 Å². The summed E-state index contributed by atoms with van der Waals surface area (Å²) in [5.74, 6) is 0.618. The second-order valence-corrected chi connectivity index (χ2v) is 2.09. The van der Waals surface area contributed by atoms with Gasteiger partial charge in [0.2, 0.25) is 5.82 Å². The first-order chi connectivity index (χ1) is 4.88. The molecule has 0 saturated carbocycles. The van der Waals surface area contributed by atoms with E-state index in [9.17, 15) is 0 Å². The minimum Gasteiger partial charge on any atom is -0.242 e. The molecule has 0 saturated heterocycles. The van der Waals surface area contributed by atoms with E-state index < -0.39 is 0 Å². The van der Waals surface area contributed by atoms with Gasteiger partial charge in [-0.1, -0.05) is 5.16 Å². The summed E-state index contributed by atoms with van der Waals surface area (Å²) < 4.78 is 4.44. The van der Waals surface area contributed by atoms with Crippen molar-refractivity contribution in [1.82, 2.24) is 15.3 Å². The summed E-state index contributed by atoms with van der Waals surface area (Å²) in [6.45, 7) is 1.96. The molecule has 2 rings (SSSR count). The van der Waals surface area contributed by atoms with Crippen molar-refractivity contribution in [1.29, 1.82) is 0 Å². The molecule has 0 radical (unpaired) electrons. The molecule has 0 amide bonds. The summed E-state index contributed by atoms with van der Waals surface area (Å²) in [4.78, 5) is 3.97. The van der Waals surface area contributed by atoms with Crippen LogP contribution in [0.4, 0.5) is 0 Å². The molecule has 0 unspecified atom stereocenters. The van der Waals surface area contributed by atoms with E-state index in [0.717, 1.165) is 11.1 Å². The van der Waals surface area contributed by atoms with E-state index in [-0.39, 0.29) is 0 Å². The van der Waals surface area contributed by atoms with Gasteiger partial charge in [-0.25, -0.2) is 9.61 Å². The van der Waals surface area contributed by atoms with Gasteiger partial charge in [-0.3, -0.25) is 0 Å². The topological polar surface area (TPSA) is 51.8 Å². The molecule has 4 nitrogen and oxygen atoms in total. The van der Waals surface area contributed by atoms with Crippen molar-refractivity contribution >= 4 is 0 Å². The lowest BCUT2D eigenvalue weighted by Gasteiger charge is -1.89. The van der Waals surface area contributed by atoms with Crippen LogP contribution in [0.5, 0.6) is 0 Å². The van der Waals surface area contributed by atoms with E-state index in [4.69, 9.17) is 0 Å². The van der Waals surface area contributed by atoms with Crippen LogP contribution in [0.1, 0.15) is 5.56 Å². The van der Waals surface area contributed by atoms with Crippen LogP contribution in [0.2, 0.25) is 0 Å². The van der Waals surface area contributed by atoms with Crippen LogP contribution in [0.3, 0.4) is 0 Å². The van der Waals surface area contributed by atoms with Crippen molar-refractivity contribution in [3.8, 4) is 11.4 Å². The fourth-order valence-electron chi connectivity index (χ4n) is 0.844. The maximum absolute atomic E-state index is 4.44.